The van der Waals surface area contributed by atoms with Crippen LogP contribution < -0.4 is 16.0 Å². The first-order chi connectivity index (χ1) is 13.0. The average molecular weight is 514 g/mol. The van der Waals surface area contributed by atoms with Crippen LogP contribution in [0.25, 0.3) is 0 Å². The number of amides is 1. The van der Waals surface area contributed by atoms with Gasteiger partial charge in [-0.1, -0.05) is 32.0 Å². The van der Waals surface area contributed by atoms with E-state index in [1.807, 2.05) is 24.3 Å². The maximum absolute atomic E-state index is 11.8. The second kappa shape index (κ2) is 12.1. The van der Waals surface area contributed by atoms with Crippen LogP contribution in [-0.4, -0.2) is 38.5 Å². The van der Waals surface area contributed by atoms with Crippen LogP contribution in [-0.2, 0) is 11.8 Å². The van der Waals surface area contributed by atoms with Gasteiger partial charge in [0.2, 0.25) is 0 Å². The molecule has 0 radical (unpaired) electrons. The van der Waals surface area contributed by atoms with Gasteiger partial charge in [0.05, 0.1) is 6.54 Å². The summed E-state index contributed by atoms with van der Waals surface area (Å²) in [5.41, 5.74) is 1.82. The molecule has 0 atom stereocenters. The Kier molecular flexibility index (Phi) is 10.5. The molecule has 1 aromatic carbocycles. The monoisotopic (exact) mass is 514 g/mol. The number of halogens is 1. The van der Waals surface area contributed by atoms with Crippen LogP contribution in [0.2, 0.25) is 0 Å². The molecule has 0 aliphatic carbocycles. The van der Waals surface area contributed by atoms with Gasteiger partial charge in [-0.25, -0.2) is 0 Å². The Balaban J connectivity index is 0.00000392. The van der Waals surface area contributed by atoms with Gasteiger partial charge < -0.3 is 16.0 Å². The first-order valence-electron chi connectivity index (χ1n) is 9.33. The largest absolute Gasteiger partial charge is 0.357 e. The average Bonchev–Trinajstić information content (AvgIpc) is 3.21. The third-order valence-corrected chi connectivity index (χ3v) is 5.52. The summed E-state index contributed by atoms with van der Waals surface area (Å²) >= 11 is 1.77. The van der Waals surface area contributed by atoms with Gasteiger partial charge in [0.15, 0.2) is 5.96 Å². The van der Waals surface area contributed by atoms with Gasteiger partial charge in [0, 0.05) is 36.0 Å². The minimum Gasteiger partial charge on any atom is -0.357 e. The Hall–Kier alpha value is -1.61. The van der Waals surface area contributed by atoms with Crippen LogP contribution in [0.4, 0.5) is 0 Å². The highest BCUT2D eigenvalue weighted by molar-refractivity contribution is 14.0. The van der Waals surface area contributed by atoms with Crippen molar-refractivity contribution in [3.8, 4) is 0 Å². The van der Waals surface area contributed by atoms with E-state index in [0.717, 1.165) is 37.6 Å². The lowest BCUT2D eigenvalue weighted by Gasteiger charge is -2.22. The molecule has 0 fully saturated rings. The van der Waals surface area contributed by atoms with E-state index in [4.69, 9.17) is 4.99 Å². The fourth-order valence-corrected chi connectivity index (χ4v) is 3.54. The number of aliphatic imine (C=N–C) groups is 1. The number of nitrogens with zero attached hydrogens (tertiary/aromatic N) is 1. The fraction of sp³-hybridized carbons (Fsp3) is 0.429. The molecule has 7 heteroatoms. The zero-order valence-electron chi connectivity index (χ0n) is 17.0. The summed E-state index contributed by atoms with van der Waals surface area (Å²) in [5, 5.41) is 11.5. The molecule has 5 nitrogen and oxygen atoms in total. The summed E-state index contributed by atoms with van der Waals surface area (Å²) in [6.07, 6.45) is 0.823. The summed E-state index contributed by atoms with van der Waals surface area (Å²) in [7, 11) is 1.65. The van der Waals surface area contributed by atoms with Gasteiger partial charge in [-0.15, -0.1) is 35.3 Å². The Bertz CT molecular complexity index is 760. The van der Waals surface area contributed by atoms with Gasteiger partial charge in [-0.2, -0.15) is 0 Å². The molecule has 0 bridgehead atoms. The standard InChI is InChI=1S/C21H30N4OS.HI/c1-5-23-20(25-15-21(2,3)18-10-7-13-27-18)24-12-11-16-8-6-9-17(14-16)19(26)22-4;/h6-10,13-14H,5,11-12,15H2,1-4H3,(H,22,26)(H2,23,24,25);1H. The molecule has 0 aliphatic rings. The molecule has 3 N–H and O–H groups in total. The van der Waals surface area contributed by atoms with Gasteiger partial charge in [-0.05, 0) is 42.5 Å². The molecule has 0 aliphatic heterocycles. The quantitative estimate of drug-likeness (QED) is 0.285. The zero-order chi connectivity index (χ0) is 19.7. The number of hydrogen-bond donors (Lipinski definition) is 3. The van der Waals surface area contributed by atoms with E-state index in [2.05, 4.69) is 54.2 Å². The summed E-state index contributed by atoms with van der Waals surface area (Å²) < 4.78 is 0. The number of benzene rings is 1. The first kappa shape index (κ1) is 24.4. The number of guanidine groups is 1. The Labute approximate surface area is 189 Å². The summed E-state index contributed by atoms with van der Waals surface area (Å²) in [5.74, 6) is 0.764. The highest BCUT2D eigenvalue weighted by Gasteiger charge is 2.21. The Morgan fingerprint density at radius 3 is 2.61 bits per heavy atom. The number of thiophene rings is 1. The van der Waals surface area contributed by atoms with Crippen molar-refractivity contribution in [3.05, 3.63) is 57.8 Å². The minimum atomic E-state index is -0.0597. The van der Waals surface area contributed by atoms with Crippen molar-refractivity contribution in [2.24, 2.45) is 4.99 Å². The molecule has 1 heterocycles. The second-order valence-electron chi connectivity index (χ2n) is 7.01. The summed E-state index contributed by atoms with van der Waals surface area (Å²) in [6, 6.07) is 12.0. The van der Waals surface area contributed by atoms with Crippen molar-refractivity contribution in [3.63, 3.8) is 0 Å². The number of hydrogen-bond acceptors (Lipinski definition) is 3. The molecule has 0 saturated heterocycles. The van der Waals surface area contributed by atoms with Crippen molar-refractivity contribution in [1.82, 2.24) is 16.0 Å². The van der Waals surface area contributed by atoms with E-state index in [0.29, 0.717) is 5.56 Å². The lowest BCUT2D eigenvalue weighted by Crippen LogP contribution is -2.39. The number of carbonyl (C=O) groups excluding carboxylic acids is 1. The molecule has 2 aromatic rings. The van der Waals surface area contributed by atoms with Crippen LogP contribution in [0.3, 0.4) is 0 Å². The van der Waals surface area contributed by atoms with Gasteiger partial charge in [-0.3, -0.25) is 9.79 Å². The topological polar surface area (TPSA) is 65.5 Å². The Morgan fingerprint density at radius 1 is 1.18 bits per heavy atom. The molecule has 0 unspecified atom stereocenters. The molecule has 154 valence electrons. The second-order valence-corrected chi connectivity index (χ2v) is 7.96. The van der Waals surface area contributed by atoms with Gasteiger partial charge >= 0.3 is 0 Å². The predicted molar refractivity (Wildman–Crippen MR) is 130 cm³/mol. The summed E-state index contributed by atoms with van der Waals surface area (Å²) in [6.45, 7) is 8.79. The zero-order valence-corrected chi connectivity index (χ0v) is 20.2. The third-order valence-electron chi connectivity index (χ3n) is 4.29. The Morgan fingerprint density at radius 2 is 1.96 bits per heavy atom. The predicted octanol–water partition coefficient (Wildman–Crippen LogP) is 3.80. The van der Waals surface area contributed by atoms with Crippen molar-refractivity contribution in [1.29, 1.82) is 0 Å². The molecule has 1 aromatic heterocycles. The van der Waals surface area contributed by atoms with E-state index < -0.39 is 0 Å². The molecule has 2 rings (SSSR count). The molecule has 0 spiro atoms. The minimum absolute atomic E-state index is 0. The number of nitrogens with one attached hydrogen (secondary N) is 3. The lowest BCUT2D eigenvalue weighted by molar-refractivity contribution is 0.0963. The fourth-order valence-electron chi connectivity index (χ4n) is 2.70. The number of rotatable bonds is 8. The van der Waals surface area contributed by atoms with Crippen molar-refractivity contribution in [2.75, 3.05) is 26.7 Å². The maximum atomic E-state index is 11.8. The first-order valence-corrected chi connectivity index (χ1v) is 10.2. The summed E-state index contributed by atoms with van der Waals surface area (Å²) in [4.78, 5) is 17.9. The van der Waals surface area contributed by atoms with Gasteiger partial charge in [0.1, 0.15) is 0 Å². The van der Waals surface area contributed by atoms with Crippen LogP contribution in [0.1, 0.15) is 41.6 Å². The van der Waals surface area contributed by atoms with E-state index in [9.17, 15) is 4.79 Å². The van der Waals surface area contributed by atoms with Crippen molar-refractivity contribution in [2.45, 2.75) is 32.6 Å². The SMILES string of the molecule is CCNC(=NCC(C)(C)c1cccs1)NCCc1cccc(C(=O)NC)c1.I. The highest BCUT2D eigenvalue weighted by atomic mass is 127. The van der Waals surface area contributed by atoms with Crippen LogP contribution in [0.15, 0.2) is 46.8 Å². The van der Waals surface area contributed by atoms with Crippen molar-refractivity contribution >= 4 is 47.2 Å². The van der Waals surface area contributed by atoms with E-state index in [1.165, 1.54) is 4.88 Å². The molecule has 1 amide bonds. The molecular weight excluding hydrogens is 483 g/mol. The molecule has 0 saturated carbocycles. The smallest absolute Gasteiger partial charge is 0.251 e. The third kappa shape index (κ3) is 7.43. The van der Waals surface area contributed by atoms with Crippen LogP contribution >= 0.6 is 35.3 Å². The van der Waals surface area contributed by atoms with E-state index in [1.54, 1.807) is 18.4 Å². The number of carbonyl (C=O) groups is 1. The lowest BCUT2D eigenvalue weighted by atomic mass is 9.92. The van der Waals surface area contributed by atoms with E-state index in [-0.39, 0.29) is 35.3 Å². The van der Waals surface area contributed by atoms with Crippen LogP contribution in [0.5, 0.6) is 0 Å². The molecule has 28 heavy (non-hydrogen) atoms. The highest BCUT2D eigenvalue weighted by Crippen LogP contribution is 2.27. The van der Waals surface area contributed by atoms with E-state index >= 15 is 0 Å². The van der Waals surface area contributed by atoms with Crippen molar-refractivity contribution < 1.29 is 4.79 Å². The molecular formula is C21H31IN4OS. The normalized spacial score (nSPS) is 11.5. The van der Waals surface area contributed by atoms with Gasteiger partial charge in [0.25, 0.3) is 5.91 Å². The maximum Gasteiger partial charge on any atom is 0.251 e. The van der Waals surface area contributed by atoms with Crippen LogP contribution in [0, 0.1) is 0 Å².